The zero-order valence-electron chi connectivity index (χ0n) is 16.1. The average molecular weight is 412 g/mol. The van der Waals surface area contributed by atoms with Gasteiger partial charge in [0.2, 0.25) is 0 Å². The number of carbonyl (C=O) groups is 2. The molecule has 2 N–H and O–H groups in total. The second-order valence-corrected chi connectivity index (χ2v) is 6.23. The molecule has 0 saturated carbocycles. The van der Waals surface area contributed by atoms with Crippen molar-refractivity contribution in [2.45, 2.75) is 6.42 Å². The molecule has 3 rings (SSSR count). The monoisotopic (exact) mass is 412 g/mol. The zero-order valence-corrected chi connectivity index (χ0v) is 16.1. The Hall–Kier alpha value is -3.81. The van der Waals surface area contributed by atoms with Crippen molar-refractivity contribution in [2.75, 3.05) is 25.1 Å². The Kier molecular flexibility index (Phi) is 7.43. The molecule has 30 heavy (non-hydrogen) atoms. The standard InChI is InChI=1S/C22H21FN2O5/c23-18-8-1-2-9-19(18)28-13-5-11-24-21(26)15-30-17-7-3-6-16(14-17)25-22(27)20-10-4-12-29-20/h1-4,6-10,12,14H,5,11,13,15H2,(H,24,26)(H,25,27). The highest BCUT2D eigenvalue weighted by molar-refractivity contribution is 6.02. The van der Waals surface area contributed by atoms with Crippen molar-refractivity contribution >= 4 is 17.5 Å². The molecule has 7 nitrogen and oxygen atoms in total. The maximum atomic E-state index is 13.4. The highest BCUT2D eigenvalue weighted by Crippen LogP contribution is 2.18. The van der Waals surface area contributed by atoms with Crippen molar-refractivity contribution in [1.29, 1.82) is 0 Å². The fraction of sp³-hybridized carbons (Fsp3) is 0.182. The summed E-state index contributed by atoms with van der Waals surface area (Å²) >= 11 is 0. The number of anilines is 1. The summed E-state index contributed by atoms with van der Waals surface area (Å²) in [5.74, 6) is -0.285. The first-order valence-corrected chi connectivity index (χ1v) is 9.33. The van der Waals surface area contributed by atoms with E-state index in [9.17, 15) is 14.0 Å². The van der Waals surface area contributed by atoms with Crippen LogP contribution < -0.4 is 20.1 Å². The van der Waals surface area contributed by atoms with Gasteiger partial charge >= 0.3 is 0 Å². The number of hydrogen-bond donors (Lipinski definition) is 2. The molecule has 0 aliphatic heterocycles. The zero-order chi connectivity index (χ0) is 21.2. The molecule has 156 valence electrons. The maximum Gasteiger partial charge on any atom is 0.291 e. The summed E-state index contributed by atoms with van der Waals surface area (Å²) in [6, 6.07) is 16.0. The summed E-state index contributed by atoms with van der Waals surface area (Å²) in [5.41, 5.74) is 0.514. The molecule has 0 bridgehead atoms. The summed E-state index contributed by atoms with van der Waals surface area (Å²) in [6.45, 7) is 0.471. The number of ether oxygens (including phenoxy) is 2. The van der Waals surface area contributed by atoms with Gasteiger partial charge in [0, 0.05) is 18.3 Å². The molecule has 0 atom stereocenters. The molecular weight excluding hydrogens is 391 g/mol. The van der Waals surface area contributed by atoms with E-state index in [0.717, 1.165) is 0 Å². The van der Waals surface area contributed by atoms with Gasteiger partial charge in [-0.05, 0) is 42.8 Å². The molecule has 0 fully saturated rings. The minimum Gasteiger partial charge on any atom is -0.490 e. The Labute approximate surface area is 172 Å². The lowest BCUT2D eigenvalue weighted by Crippen LogP contribution is -2.30. The van der Waals surface area contributed by atoms with Crippen molar-refractivity contribution in [3.8, 4) is 11.5 Å². The van der Waals surface area contributed by atoms with E-state index in [-0.39, 0.29) is 36.5 Å². The lowest BCUT2D eigenvalue weighted by Gasteiger charge is -2.10. The number of carbonyl (C=O) groups excluding carboxylic acids is 2. The molecule has 8 heteroatoms. The van der Waals surface area contributed by atoms with Crippen LogP contribution in [0.15, 0.2) is 71.3 Å². The predicted molar refractivity (Wildman–Crippen MR) is 108 cm³/mol. The van der Waals surface area contributed by atoms with Crippen LogP contribution in [0.25, 0.3) is 0 Å². The van der Waals surface area contributed by atoms with E-state index in [0.29, 0.717) is 24.4 Å². The molecule has 0 aliphatic rings. The van der Waals surface area contributed by atoms with Crippen LogP contribution in [0, 0.1) is 5.82 Å². The number of amides is 2. The van der Waals surface area contributed by atoms with Crippen LogP contribution in [-0.4, -0.2) is 31.6 Å². The van der Waals surface area contributed by atoms with Gasteiger partial charge in [-0.15, -0.1) is 0 Å². The minimum absolute atomic E-state index is 0.177. The lowest BCUT2D eigenvalue weighted by molar-refractivity contribution is -0.123. The molecule has 1 aromatic heterocycles. The van der Waals surface area contributed by atoms with Crippen molar-refractivity contribution in [1.82, 2.24) is 5.32 Å². The van der Waals surface area contributed by atoms with Gasteiger partial charge in [0.1, 0.15) is 5.75 Å². The van der Waals surface area contributed by atoms with E-state index < -0.39 is 5.82 Å². The number of nitrogens with one attached hydrogen (secondary N) is 2. The summed E-state index contributed by atoms with van der Waals surface area (Å²) in [5, 5.41) is 5.38. The highest BCUT2D eigenvalue weighted by atomic mass is 19.1. The van der Waals surface area contributed by atoms with E-state index in [2.05, 4.69) is 10.6 Å². The fourth-order valence-electron chi connectivity index (χ4n) is 2.51. The van der Waals surface area contributed by atoms with Gasteiger partial charge in [-0.1, -0.05) is 18.2 Å². The first-order chi connectivity index (χ1) is 14.6. The number of para-hydroxylation sites is 1. The molecular formula is C22H21FN2O5. The summed E-state index contributed by atoms with van der Waals surface area (Å²) < 4.78 is 29.2. The third-order valence-electron chi connectivity index (χ3n) is 3.94. The molecule has 0 saturated heterocycles. The summed E-state index contributed by atoms with van der Waals surface area (Å²) in [4.78, 5) is 23.9. The van der Waals surface area contributed by atoms with Gasteiger partial charge in [0.15, 0.2) is 23.9 Å². The third-order valence-corrected chi connectivity index (χ3v) is 3.94. The van der Waals surface area contributed by atoms with E-state index >= 15 is 0 Å². The van der Waals surface area contributed by atoms with Crippen molar-refractivity contribution in [2.24, 2.45) is 0 Å². The fourth-order valence-corrected chi connectivity index (χ4v) is 2.51. The smallest absolute Gasteiger partial charge is 0.291 e. The van der Waals surface area contributed by atoms with Gasteiger partial charge in [-0.2, -0.15) is 0 Å². The first-order valence-electron chi connectivity index (χ1n) is 9.33. The Morgan fingerprint density at radius 2 is 1.87 bits per heavy atom. The molecule has 0 aliphatic carbocycles. The van der Waals surface area contributed by atoms with Crippen molar-refractivity contribution in [3.63, 3.8) is 0 Å². The number of rotatable bonds is 10. The van der Waals surface area contributed by atoms with E-state index in [1.807, 2.05) is 0 Å². The predicted octanol–water partition coefficient (Wildman–Crippen LogP) is 3.64. The minimum atomic E-state index is -0.419. The Morgan fingerprint density at radius 3 is 2.67 bits per heavy atom. The normalized spacial score (nSPS) is 10.3. The van der Waals surface area contributed by atoms with Crippen LogP contribution in [-0.2, 0) is 4.79 Å². The SMILES string of the molecule is O=C(COc1cccc(NC(=O)c2ccco2)c1)NCCCOc1ccccc1F. The Bertz CT molecular complexity index is 975. The average Bonchev–Trinajstić information content (AvgIpc) is 3.29. The van der Waals surface area contributed by atoms with Crippen LogP contribution in [0.5, 0.6) is 11.5 Å². The molecule has 0 radical (unpaired) electrons. The Balaban J connectivity index is 1.35. The summed E-state index contributed by atoms with van der Waals surface area (Å²) in [6.07, 6.45) is 1.94. The van der Waals surface area contributed by atoms with Crippen LogP contribution in [0.2, 0.25) is 0 Å². The maximum absolute atomic E-state index is 13.4. The van der Waals surface area contributed by atoms with Crippen LogP contribution in [0.3, 0.4) is 0 Å². The molecule has 2 aromatic carbocycles. The molecule has 1 heterocycles. The lowest BCUT2D eigenvalue weighted by atomic mass is 10.3. The highest BCUT2D eigenvalue weighted by Gasteiger charge is 2.09. The summed E-state index contributed by atoms with van der Waals surface area (Å²) in [7, 11) is 0. The number of furan rings is 1. The molecule has 2 amide bonds. The second kappa shape index (κ2) is 10.7. The largest absolute Gasteiger partial charge is 0.490 e. The van der Waals surface area contributed by atoms with Crippen molar-refractivity contribution in [3.05, 3.63) is 78.5 Å². The van der Waals surface area contributed by atoms with E-state index in [1.165, 1.54) is 12.3 Å². The molecule has 0 spiro atoms. The van der Waals surface area contributed by atoms with Crippen LogP contribution in [0.1, 0.15) is 17.0 Å². The van der Waals surface area contributed by atoms with Crippen LogP contribution in [0.4, 0.5) is 10.1 Å². The third kappa shape index (κ3) is 6.37. The number of hydrogen-bond acceptors (Lipinski definition) is 5. The van der Waals surface area contributed by atoms with E-state index in [4.69, 9.17) is 13.9 Å². The van der Waals surface area contributed by atoms with Gasteiger partial charge in [-0.3, -0.25) is 9.59 Å². The second-order valence-electron chi connectivity index (χ2n) is 6.23. The molecule has 3 aromatic rings. The Morgan fingerprint density at radius 1 is 1.00 bits per heavy atom. The number of benzene rings is 2. The van der Waals surface area contributed by atoms with Gasteiger partial charge in [-0.25, -0.2) is 4.39 Å². The van der Waals surface area contributed by atoms with Gasteiger partial charge in [0.25, 0.3) is 11.8 Å². The topological polar surface area (TPSA) is 89.8 Å². The van der Waals surface area contributed by atoms with Gasteiger partial charge < -0.3 is 24.5 Å². The van der Waals surface area contributed by atoms with Gasteiger partial charge in [0.05, 0.1) is 12.9 Å². The number of halogens is 1. The quantitative estimate of drug-likeness (QED) is 0.497. The first kappa shape index (κ1) is 20.9. The van der Waals surface area contributed by atoms with E-state index in [1.54, 1.807) is 54.6 Å². The van der Waals surface area contributed by atoms with Crippen molar-refractivity contribution < 1.29 is 27.9 Å². The van der Waals surface area contributed by atoms with Crippen LogP contribution >= 0.6 is 0 Å². The molecule has 0 unspecified atom stereocenters.